The molecule has 1 aromatic heterocycles. The van der Waals surface area contributed by atoms with E-state index in [0.717, 1.165) is 36.8 Å². The lowest BCUT2D eigenvalue weighted by Gasteiger charge is -2.41. The molecule has 0 spiro atoms. The van der Waals surface area contributed by atoms with Crippen molar-refractivity contribution in [1.29, 1.82) is 0 Å². The second kappa shape index (κ2) is 10.1. The number of aliphatic hydroxyl groups is 1. The first-order valence-corrected chi connectivity index (χ1v) is 10.6. The van der Waals surface area contributed by atoms with Gasteiger partial charge in [-0.3, -0.25) is 4.79 Å². The molecule has 1 N–H and O–H groups in total. The standard InChI is InChI=1S/C23H33N5O3/c1-18-14-21(25-17-24-18)28-11-5-10-23(30,16-28)15-27(4)22(29)19-6-8-20(9-7-19)31-13-12-26(2)3/h6-9,14,17,30H,5,10-13,15-16H2,1-4H3. The zero-order valence-electron chi connectivity index (χ0n) is 18.9. The Kier molecular flexibility index (Phi) is 7.46. The number of rotatable bonds is 8. The molecule has 1 amide bonds. The van der Waals surface area contributed by atoms with Crippen LogP contribution in [0.2, 0.25) is 0 Å². The van der Waals surface area contributed by atoms with Crippen LogP contribution in [0.4, 0.5) is 5.82 Å². The second-order valence-electron chi connectivity index (χ2n) is 8.60. The van der Waals surface area contributed by atoms with E-state index < -0.39 is 5.60 Å². The van der Waals surface area contributed by atoms with Gasteiger partial charge in [0.15, 0.2) is 0 Å². The van der Waals surface area contributed by atoms with Crippen LogP contribution in [0.25, 0.3) is 0 Å². The number of hydrogen-bond acceptors (Lipinski definition) is 7. The average Bonchev–Trinajstić information content (AvgIpc) is 2.73. The van der Waals surface area contributed by atoms with Crippen molar-refractivity contribution in [2.24, 2.45) is 0 Å². The average molecular weight is 428 g/mol. The molecule has 0 aliphatic carbocycles. The highest BCUT2D eigenvalue weighted by Crippen LogP contribution is 2.26. The summed E-state index contributed by atoms with van der Waals surface area (Å²) in [4.78, 5) is 27.1. The number of likely N-dealkylation sites (N-methyl/N-ethyl adjacent to an activating group) is 2. The number of amides is 1. The predicted octanol–water partition coefficient (Wildman–Crippen LogP) is 1.83. The molecule has 1 saturated heterocycles. The number of hydrogen-bond donors (Lipinski definition) is 1. The molecule has 31 heavy (non-hydrogen) atoms. The quantitative estimate of drug-likeness (QED) is 0.688. The van der Waals surface area contributed by atoms with Crippen LogP contribution in [0.5, 0.6) is 5.75 Å². The van der Waals surface area contributed by atoms with Gasteiger partial charge in [0.2, 0.25) is 0 Å². The fourth-order valence-corrected chi connectivity index (χ4v) is 3.82. The summed E-state index contributed by atoms with van der Waals surface area (Å²) in [6, 6.07) is 9.08. The summed E-state index contributed by atoms with van der Waals surface area (Å²) < 4.78 is 5.69. The smallest absolute Gasteiger partial charge is 0.253 e. The zero-order valence-corrected chi connectivity index (χ0v) is 18.9. The molecule has 0 bridgehead atoms. The van der Waals surface area contributed by atoms with Crippen LogP contribution in [0.1, 0.15) is 28.9 Å². The van der Waals surface area contributed by atoms with Gasteiger partial charge in [-0.1, -0.05) is 0 Å². The van der Waals surface area contributed by atoms with Crippen molar-refractivity contribution in [2.45, 2.75) is 25.4 Å². The fraction of sp³-hybridized carbons (Fsp3) is 0.522. The van der Waals surface area contributed by atoms with Gasteiger partial charge < -0.3 is 24.5 Å². The molecule has 3 rings (SSSR count). The first-order valence-electron chi connectivity index (χ1n) is 10.6. The maximum absolute atomic E-state index is 12.9. The Hall–Kier alpha value is -2.71. The number of benzene rings is 1. The lowest BCUT2D eigenvalue weighted by atomic mass is 9.92. The highest BCUT2D eigenvalue weighted by Gasteiger charge is 2.36. The Morgan fingerprint density at radius 3 is 2.65 bits per heavy atom. The minimum absolute atomic E-state index is 0.122. The van der Waals surface area contributed by atoms with Gasteiger partial charge in [0.05, 0.1) is 12.1 Å². The lowest BCUT2D eigenvalue weighted by molar-refractivity contribution is -0.000142. The number of piperidine rings is 1. The molecule has 8 nitrogen and oxygen atoms in total. The summed E-state index contributed by atoms with van der Waals surface area (Å²) in [5.41, 5.74) is 0.474. The van der Waals surface area contributed by atoms with Crippen LogP contribution in [-0.2, 0) is 0 Å². The van der Waals surface area contributed by atoms with Crippen LogP contribution in [0, 0.1) is 6.92 Å². The Balaban J connectivity index is 1.59. The Labute approximate surface area is 184 Å². The first kappa shape index (κ1) is 23.0. The van der Waals surface area contributed by atoms with Crippen molar-refractivity contribution in [1.82, 2.24) is 19.8 Å². The van der Waals surface area contributed by atoms with Crippen molar-refractivity contribution in [3.63, 3.8) is 0 Å². The van der Waals surface area contributed by atoms with Gasteiger partial charge in [-0.25, -0.2) is 9.97 Å². The number of anilines is 1. The SMILES string of the molecule is Cc1cc(N2CCCC(O)(CN(C)C(=O)c3ccc(OCCN(C)C)cc3)C2)ncn1. The molecule has 168 valence electrons. The van der Waals surface area contributed by atoms with Crippen molar-refractivity contribution < 1.29 is 14.6 Å². The number of carbonyl (C=O) groups is 1. The number of aromatic nitrogens is 2. The van der Waals surface area contributed by atoms with Gasteiger partial charge >= 0.3 is 0 Å². The number of ether oxygens (including phenoxy) is 1. The molecule has 8 heteroatoms. The summed E-state index contributed by atoms with van der Waals surface area (Å²) in [7, 11) is 5.72. The Morgan fingerprint density at radius 2 is 1.97 bits per heavy atom. The highest BCUT2D eigenvalue weighted by molar-refractivity contribution is 5.94. The second-order valence-corrected chi connectivity index (χ2v) is 8.60. The van der Waals surface area contributed by atoms with E-state index in [1.807, 2.05) is 39.2 Å². The molecule has 1 unspecified atom stereocenters. The predicted molar refractivity (Wildman–Crippen MR) is 121 cm³/mol. The van der Waals surface area contributed by atoms with E-state index >= 15 is 0 Å². The van der Waals surface area contributed by atoms with E-state index in [9.17, 15) is 9.90 Å². The number of carbonyl (C=O) groups excluding carboxylic acids is 1. The molecule has 2 heterocycles. The largest absolute Gasteiger partial charge is 0.492 e. The highest BCUT2D eigenvalue weighted by atomic mass is 16.5. The summed E-state index contributed by atoms with van der Waals surface area (Å²) in [5, 5.41) is 11.2. The van der Waals surface area contributed by atoms with Crippen LogP contribution in [-0.4, -0.2) is 90.3 Å². The third kappa shape index (κ3) is 6.38. The summed E-state index contributed by atoms with van der Waals surface area (Å²) >= 11 is 0. The summed E-state index contributed by atoms with van der Waals surface area (Å²) in [6.07, 6.45) is 3.02. The first-order chi connectivity index (χ1) is 14.8. The summed E-state index contributed by atoms with van der Waals surface area (Å²) in [6.45, 7) is 4.86. The van der Waals surface area contributed by atoms with Gasteiger partial charge in [0.1, 0.15) is 24.5 Å². The van der Waals surface area contributed by atoms with Crippen LogP contribution < -0.4 is 9.64 Å². The molecule has 1 aromatic carbocycles. The molecule has 1 aliphatic heterocycles. The van der Waals surface area contributed by atoms with Gasteiger partial charge in [-0.05, 0) is 58.1 Å². The number of nitrogens with zero attached hydrogens (tertiary/aromatic N) is 5. The lowest BCUT2D eigenvalue weighted by Crippen LogP contribution is -2.54. The molecule has 1 fully saturated rings. The third-order valence-electron chi connectivity index (χ3n) is 5.46. The molecule has 1 aliphatic rings. The van der Waals surface area contributed by atoms with Gasteiger partial charge in [0.25, 0.3) is 5.91 Å². The van der Waals surface area contributed by atoms with E-state index in [-0.39, 0.29) is 12.5 Å². The molecular weight excluding hydrogens is 394 g/mol. The maximum atomic E-state index is 12.9. The van der Waals surface area contributed by atoms with Gasteiger partial charge in [-0.15, -0.1) is 0 Å². The summed E-state index contributed by atoms with van der Waals surface area (Å²) in [5.74, 6) is 1.43. The minimum atomic E-state index is -0.989. The number of aryl methyl sites for hydroxylation is 1. The van der Waals surface area contributed by atoms with Crippen LogP contribution >= 0.6 is 0 Å². The van der Waals surface area contributed by atoms with Crippen molar-refractivity contribution in [3.05, 3.63) is 47.9 Å². The van der Waals surface area contributed by atoms with E-state index in [1.54, 1.807) is 30.4 Å². The molecule has 0 radical (unpaired) electrons. The normalized spacial score (nSPS) is 18.8. The van der Waals surface area contributed by atoms with Crippen LogP contribution in [0.15, 0.2) is 36.7 Å². The van der Waals surface area contributed by atoms with Gasteiger partial charge in [0, 0.05) is 44.0 Å². The van der Waals surface area contributed by atoms with Gasteiger partial charge in [-0.2, -0.15) is 0 Å². The molecule has 2 aromatic rings. The van der Waals surface area contributed by atoms with E-state index in [1.165, 1.54) is 0 Å². The van der Waals surface area contributed by atoms with E-state index in [0.29, 0.717) is 25.1 Å². The van der Waals surface area contributed by atoms with E-state index in [2.05, 4.69) is 19.8 Å². The monoisotopic (exact) mass is 427 g/mol. The maximum Gasteiger partial charge on any atom is 0.253 e. The minimum Gasteiger partial charge on any atom is -0.492 e. The van der Waals surface area contributed by atoms with Crippen molar-refractivity contribution in [2.75, 3.05) is 58.8 Å². The topological polar surface area (TPSA) is 82.0 Å². The molecular formula is C23H33N5O3. The molecule has 1 atom stereocenters. The van der Waals surface area contributed by atoms with Crippen LogP contribution in [0.3, 0.4) is 0 Å². The Morgan fingerprint density at radius 1 is 1.23 bits per heavy atom. The third-order valence-corrected chi connectivity index (χ3v) is 5.46. The number of β-amino-alcohol motifs (C(OH)–C–C–N with tert-alkyl or cyclic N) is 1. The van der Waals surface area contributed by atoms with E-state index in [4.69, 9.17) is 4.74 Å². The zero-order chi connectivity index (χ0) is 22.4. The van der Waals surface area contributed by atoms with Crippen molar-refractivity contribution in [3.8, 4) is 5.75 Å². The van der Waals surface area contributed by atoms with Crippen molar-refractivity contribution >= 4 is 11.7 Å². The molecule has 0 saturated carbocycles. The fourth-order valence-electron chi connectivity index (χ4n) is 3.82. The Bertz CT molecular complexity index is 874.